The molecule has 7 heteroatoms. The first-order chi connectivity index (χ1) is 9.60. The van der Waals surface area contributed by atoms with Crippen molar-refractivity contribution in [1.29, 1.82) is 0 Å². The molecule has 1 aromatic carbocycles. The van der Waals surface area contributed by atoms with Crippen LogP contribution in [0.1, 0.15) is 25.0 Å². The van der Waals surface area contributed by atoms with Crippen LogP contribution < -0.4 is 5.48 Å². The number of nitro benzene ring substituents is 1. The van der Waals surface area contributed by atoms with Gasteiger partial charge in [0.2, 0.25) is 0 Å². The third-order valence-electron chi connectivity index (χ3n) is 2.46. The van der Waals surface area contributed by atoms with E-state index in [2.05, 4.69) is 12.1 Å². The summed E-state index contributed by atoms with van der Waals surface area (Å²) in [4.78, 5) is 26.7. The smallest absolute Gasteiger partial charge is 0.431 e. The van der Waals surface area contributed by atoms with E-state index in [4.69, 9.17) is 9.57 Å². The summed E-state index contributed by atoms with van der Waals surface area (Å²) in [6.07, 6.45) is 0.333. The van der Waals surface area contributed by atoms with E-state index in [0.29, 0.717) is 12.0 Å². The fourth-order valence-electron chi connectivity index (χ4n) is 1.61. The van der Waals surface area contributed by atoms with Crippen LogP contribution in [-0.2, 0) is 9.57 Å². The fraction of sp³-hybridized carbons (Fsp3) is 0.308. The second-order valence-electron chi connectivity index (χ2n) is 3.82. The molecular formula is C13H16N2O5. The number of nitrogens with zero attached hydrogens (tertiary/aromatic N) is 1. The molecule has 0 aliphatic rings. The van der Waals surface area contributed by atoms with Gasteiger partial charge in [-0.05, 0) is 12.5 Å². The Hall–Kier alpha value is -2.41. The second kappa shape index (κ2) is 7.90. The average Bonchev–Trinajstić information content (AvgIpc) is 2.45. The summed E-state index contributed by atoms with van der Waals surface area (Å²) in [5.41, 5.74) is 2.33. The molecule has 0 saturated carbocycles. The lowest BCUT2D eigenvalue weighted by molar-refractivity contribution is -0.386. The van der Waals surface area contributed by atoms with E-state index in [9.17, 15) is 14.9 Å². The SMILES string of the molecule is C=CCONC(=O)OC(CC)c1ccccc1[N+](=O)[O-]. The molecule has 0 fully saturated rings. The monoisotopic (exact) mass is 280 g/mol. The fourth-order valence-corrected chi connectivity index (χ4v) is 1.61. The number of nitrogens with one attached hydrogen (secondary N) is 1. The van der Waals surface area contributed by atoms with Crippen molar-refractivity contribution in [1.82, 2.24) is 5.48 Å². The summed E-state index contributed by atoms with van der Waals surface area (Å²) in [5.74, 6) is 0. The first-order valence-electron chi connectivity index (χ1n) is 6.02. The lowest BCUT2D eigenvalue weighted by Crippen LogP contribution is -2.26. The van der Waals surface area contributed by atoms with Gasteiger partial charge in [0.25, 0.3) is 5.69 Å². The molecule has 0 bridgehead atoms. The Balaban J connectivity index is 2.78. The summed E-state index contributed by atoms with van der Waals surface area (Å²) in [5, 5.41) is 11.0. The number of nitro groups is 1. The van der Waals surface area contributed by atoms with Gasteiger partial charge in [-0.25, -0.2) is 4.79 Å². The summed E-state index contributed by atoms with van der Waals surface area (Å²) >= 11 is 0. The zero-order chi connectivity index (χ0) is 15.0. The second-order valence-corrected chi connectivity index (χ2v) is 3.82. The number of hydrogen-bond acceptors (Lipinski definition) is 5. The summed E-state index contributed by atoms with van der Waals surface area (Å²) < 4.78 is 5.11. The highest BCUT2D eigenvalue weighted by Crippen LogP contribution is 2.29. The van der Waals surface area contributed by atoms with Gasteiger partial charge in [0, 0.05) is 6.07 Å². The maximum absolute atomic E-state index is 11.5. The molecule has 1 aromatic rings. The van der Waals surface area contributed by atoms with E-state index in [1.807, 2.05) is 0 Å². The molecule has 1 unspecified atom stereocenters. The van der Waals surface area contributed by atoms with Crippen molar-refractivity contribution in [3.63, 3.8) is 0 Å². The van der Waals surface area contributed by atoms with Crippen LogP contribution in [0, 0.1) is 10.1 Å². The zero-order valence-electron chi connectivity index (χ0n) is 11.1. The van der Waals surface area contributed by atoms with Crippen molar-refractivity contribution >= 4 is 11.8 Å². The van der Waals surface area contributed by atoms with E-state index >= 15 is 0 Å². The molecule has 7 nitrogen and oxygen atoms in total. The van der Waals surface area contributed by atoms with Crippen LogP contribution in [0.5, 0.6) is 0 Å². The number of hydroxylamine groups is 1. The number of ether oxygens (including phenoxy) is 1. The van der Waals surface area contributed by atoms with Gasteiger partial charge >= 0.3 is 6.09 Å². The molecule has 1 N–H and O–H groups in total. The number of hydrogen-bond donors (Lipinski definition) is 1. The van der Waals surface area contributed by atoms with Gasteiger partial charge in [-0.1, -0.05) is 25.1 Å². The summed E-state index contributed by atoms with van der Waals surface area (Å²) in [6, 6.07) is 6.14. The van der Waals surface area contributed by atoms with Gasteiger partial charge in [0.15, 0.2) is 0 Å². The van der Waals surface area contributed by atoms with Crippen LogP contribution in [0.3, 0.4) is 0 Å². The Kier molecular flexibility index (Phi) is 6.18. The molecule has 0 aliphatic carbocycles. The molecule has 1 rings (SSSR count). The summed E-state index contributed by atoms with van der Waals surface area (Å²) in [7, 11) is 0. The third-order valence-corrected chi connectivity index (χ3v) is 2.46. The molecule has 0 spiro atoms. The van der Waals surface area contributed by atoms with Crippen molar-refractivity contribution in [3.8, 4) is 0 Å². The van der Waals surface area contributed by atoms with Crippen molar-refractivity contribution in [3.05, 3.63) is 52.6 Å². The lowest BCUT2D eigenvalue weighted by Gasteiger charge is -2.16. The molecule has 1 atom stereocenters. The Labute approximate surface area is 116 Å². The first-order valence-corrected chi connectivity index (χ1v) is 6.02. The Bertz CT molecular complexity index is 489. The molecular weight excluding hydrogens is 264 g/mol. The minimum Gasteiger partial charge on any atom is -0.440 e. The average molecular weight is 280 g/mol. The van der Waals surface area contributed by atoms with E-state index < -0.39 is 17.1 Å². The van der Waals surface area contributed by atoms with Gasteiger partial charge in [-0.3, -0.25) is 15.0 Å². The highest BCUT2D eigenvalue weighted by Gasteiger charge is 2.23. The van der Waals surface area contributed by atoms with Gasteiger partial charge in [-0.2, -0.15) is 5.48 Å². The molecule has 20 heavy (non-hydrogen) atoms. The van der Waals surface area contributed by atoms with Crippen LogP contribution >= 0.6 is 0 Å². The maximum Gasteiger partial charge on any atom is 0.431 e. The summed E-state index contributed by atoms with van der Waals surface area (Å²) in [6.45, 7) is 5.32. The first kappa shape index (κ1) is 15.6. The molecule has 0 radical (unpaired) electrons. The number of rotatable bonds is 7. The number of carbonyl (C=O) groups excluding carboxylic acids is 1. The van der Waals surface area contributed by atoms with Crippen LogP contribution in [0.25, 0.3) is 0 Å². The minimum absolute atomic E-state index is 0.0841. The lowest BCUT2D eigenvalue weighted by atomic mass is 10.1. The van der Waals surface area contributed by atoms with Crippen molar-refractivity contribution < 1.29 is 19.3 Å². The zero-order valence-corrected chi connectivity index (χ0v) is 11.1. The Morgan fingerprint density at radius 3 is 2.85 bits per heavy atom. The number of benzene rings is 1. The number of amides is 1. The van der Waals surface area contributed by atoms with E-state index in [1.165, 1.54) is 12.1 Å². The number of para-hydroxylation sites is 1. The van der Waals surface area contributed by atoms with Gasteiger partial charge in [-0.15, -0.1) is 6.58 Å². The largest absolute Gasteiger partial charge is 0.440 e. The van der Waals surface area contributed by atoms with Crippen LogP contribution in [0.15, 0.2) is 36.9 Å². The normalized spacial score (nSPS) is 11.4. The maximum atomic E-state index is 11.5. The third kappa shape index (κ3) is 4.36. The van der Waals surface area contributed by atoms with Crippen LogP contribution in [0.4, 0.5) is 10.5 Å². The molecule has 0 saturated heterocycles. The van der Waals surface area contributed by atoms with Gasteiger partial charge in [0.05, 0.1) is 17.1 Å². The molecule has 0 heterocycles. The van der Waals surface area contributed by atoms with Crippen molar-refractivity contribution in [2.24, 2.45) is 0 Å². The molecule has 108 valence electrons. The van der Waals surface area contributed by atoms with Gasteiger partial charge in [0.1, 0.15) is 6.10 Å². The predicted octanol–water partition coefficient (Wildman–Crippen LogP) is 2.89. The Morgan fingerprint density at radius 2 is 2.25 bits per heavy atom. The van der Waals surface area contributed by atoms with E-state index in [-0.39, 0.29) is 12.3 Å². The predicted molar refractivity (Wildman–Crippen MR) is 71.9 cm³/mol. The highest BCUT2D eigenvalue weighted by atomic mass is 16.7. The molecule has 1 amide bonds. The van der Waals surface area contributed by atoms with E-state index in [1.54, 1.807) is 25.1 Å². The van der Waals surface area contributed by atoms with Crippen molar-refractivity contribution in [2.75, 3.05) is 6.61 Å². The van der Waals surface area contributed by atoms with Crippen LogP contribution in [-0.4, -0.2) is 17.6 Å². The van der Waals surface area contributed by atoms with E-state index in [0.717, 1.165) is 0 Å². The standard InChI is InChI=1S/C13H16N2O5/c1-3-9-19-14-13(16)20-12(4-2)10-7-5-6-8-11(10)15(17)18/h3,5-8,12H,1,4,9H2,2H3,(H,14,16). The van der Waals surface area contributed by atoms with Crippen LogP contribution in [0.2, 0.25) is 0 Å². The minimum atomic E-state index is -0.808. The number of carbonyl (C=O) groups is 1. The molecule has 0 aliphatic heterocycles. The molecule has 0 aromatic heterocycles. The topological polar surface area (TPSA) is 90.7 Å². The quantitative estimate of drug-likeness (QED) is 0.359. The highest BCUT2D eigenvalue weighted by molar-refractivity contribution is 5.66. The Morgan fingerprint density at radius 1 is 1.55 bits per heavy atom. The van der Waals surface area contributed by atoms with Crippen molar-refractivity contribution in [2.45, 2.75) is 19.4 Å². The van der Waals surface area contributed by atoms with Gasteiger partial charge < -0.3 is 4.74 Å².